The van der Waals surface area contributed by atoms with Crippen molar-refractivity contribution in [2.45, 2.75) is 6.18 Å². The third-order valence-corrected chi connectivity index (χ3v) is 4.62. The maximum atomic E-state index is 12.8. The number of carbonyl (C=O) groups excluding carboxylic acids is 1. The second-order valence-corrected chi connectivity index (χ2v) is 6.49. The molecule has 2 aromatic carbocycles. The standard InChI is InChI=1S/C19H15F3N2O3S/c1-26-13-6-7-16(27-2)14(9-13)15-10-28-18(23-15)24-17(25)11-4-3-5-12(8-11)19(20,21)22/h3-10H,1-2H3,(H,23,24,25). The van der Waals surface area contributed by atoms with Gasteiger partial charge in [0.2, 0.25) is 0 Å². The molecule has 3 aromatic rings. The third-order valence-electron chi connectivity index (χ3n) is 3.86. The van der Waals surface area contributed by atoms with Crippen molar-refractivity contribution in [2.75, 3.05) is 19.5 Å². The summed E-state index contributed by atoms with van der Waals surface area (Å²) >= 11 is 1.15. The number of ether oxygens (including phenoxy) is 2. The molecule has 1 amide bonds. The summed E-state index contributed by atoms with van der Waals surface area (Å²) in [5, 5.41) is 4.48. The van der Waals surface area contributed by atoms with Gasteiger partial charge in [0.05, 0.1) is 25.5 Å². The number of carbonyl (C=O) groups is 1. The van der Waals surface area contributed by atoms with Crippen LogP contribution in [-0.4, -0.2) is 25.1 Å². The van der Waals surface area contributed by atoms with Crippen LogP contribution in [0, 0.1) is 0 Å². The molecular formula is C19H15F3N2O3S. The minimum atomic E-state index is -4.52. The Bertz CT molecular complexity index is 1000. The monoisotopic (exact) mass is 408 g/mol. The summed E-state index contributed by atoms with van der Waals surface area (Å²) in [5.74, 6) is 0.504. The lowest BCUT2D eigenvalue weighted by Crippen LogP contribution is -2.13. The highest BCUT2D eigenvalue weighted by atomic mass is 32.1. The Morgan fingerprint density at radius 1 is 1.11 bits per heavy atom. The minimum Gasteiger partial charge on any atom is -0.497 e. The van der Waals surface area contributed by atoms with E-state index in [4.69, 9.17) is 9.47 Å². The van der Waals surface area contributed by atoms with E-state index in [-0.39, 0.29) is 10.7 Å². The van der Waals surface area contributed by atoms with E-state index in [1.807, 2.05) is 0 Å². The maximum absolute atomic E-state index is 12.8. The van der Waals surface area contributed by atoms with Gasteiger partial charge >= 0.3 is 6.18 Å². The van der Waals surface area contributed by atoms with Crippen molar-refractivity contribution in [1.29, 1.82) is 0 Å². The number of anilines is 1. The number of thiazole rings is 1. The summed E-state index contributed by atoms with van der Waals surface area (Å²) in [7, 11) is 3.06. The molecule has 1 N–H and O–H groups in total. The largest absolute Gasteiger partial charge is 0.497 e. The fourth-order valence-corrected chi connectivity index (χ4v) is 3.18. The molecule has 1 aromatic heterocycles. The van der Waals surface area contributed by atoms with E-state index >= 15 is 0 Å². The van der Waals surface area contributed by atoms with Crippen LogP contribution in [0.25, 0.3) is 11.3 Å². The van der Waals surface area contributed by atoms with Crippen molar-refractivity contribution in [3.05, 3.63) is 59.0 Å². The van der Waals surface area contributed by atoms with Crippen molar-refractivity contribution in [2.24, 2.45) is 0 Å². The van der Waals surface area contributed by atoms with Crippen LogP contribution in [-0.2, 0) is 6.18 Å². The number of hydrogen-bond acceptors (Lipinski definition) is 5. The number of hydrogen-bond donors (Lipinski definition) is 1. The summed E-state index contributed by atoms with van der Waals surface area (Å²) in [5.41, 5.74) is 0.212. The lowest BCUT2D eigenvalue weighted by atomic mass is 10.1. The summed E-state index contributed by atoms with van der Waals surface area (Å²) < 4.78 is 49.0. The van der Waals surface area contributed by atoms with E-state index < -0.39 is 17.6 Å². The second-order valence-electron chi connectivity index (χ2n) is 5.64. The fraction of sp³-hybridized carbons (Fsp3) is 0.158. The number of nitrogens with zero attached hydrogens (tertiary/aromatic N) is 1. The molecule has 0 aliphatic rings. The van der Waals surface area contributed by atoms with Crippen LogP contribution in [0.3, 0.4) is 0 Å². The van der Waals surface area contributed by atoms with E-state index in [0.717, 1.165) is 23.5 Å². The molecular weight excluding hydrogens is 393 g/mol. The van der Waals surface area contributed by atoms with Crippen LogP contribution in [0.1, 0.15) is 15.9 Å². The first-order chi connectivity index (χ1) is 13.3. The van der Waals surface area contributed by atoms with Crippen LogP contribution < -0.4 is 14.8 Å². The molecule has 0 saturated carbocycles. The van der Waals surface area contributed by atoms with Gasteiger partial charge in [0.25, 0.3) is 5.91 Å². The van der Waals surface area contributed by atoms with Gasteiger partial charge in [-0.3, -0.25) is 10.1 Å². The Morgan fingerprint density at radius 3 is 2.57 bits per heavy atom. The van der Waals surface area contributed by atoms with Crippen LogP contribution in [0.15, 0.2) is 47.8 Å². The van der Waals surface area contributed by atoms with Gasteiger partial charge in [0.1, 0.15) is 11.5 Å². The van der Waals surface area contributed by atoms with E-state index in [1.165, 1.54) is 26.4 Å². The maximum Gasteiger partial charge on any atom is 0.416 e. The number of benzene rings is 2. The lowest BCUT2D eigenvalue weighted by molar-refractivity contribution is -0.137. The molecule has 3 rings (SSSR count). The second kappa shape index (κ2) is 7.89. The Hall–Kier alpha value is -3.07. The van der Waals surface area contributed by atoms with Crippen LogP contribution in [0.2, 0.25) is 0 Å². The molecule has 0 radical (unpaired) electrons. The van der Waals surface area contributed by atoms with Gasteiger partial charge < -0.3 is 9.47 Å². The Kier molecular flexibility index (Phi) is 5.55. The molecule has 1 heterocycles. The summed E-state index contributed by atoms with van der Waals surface area (Å²) in [6.07, 6.45) is -4.52. The molecule has 0 aliphatic heterocycles. The third kappa shape index (κ3) is 4.25. The van der Waals surface area contributed by atoms with Crippen molar-refractivity contribution < 1.29 is 27.4 Å². The van der Waals surface area contributed by atoms with E-state index in [1.54, 1.807) is 23.6 Å². The number of rotatable bonds is 5. The van der Waals surface area contributed by atoms with Gasteiger partial charge in [-0.05, 0) is 36.4 Å². The van der Waals surface area contributed by atoms with Crippen molar-refractivity contribution >= 4 is 22.4 Å². The summed E-state index contributed by atoms with van der Waals surface area (Å²) in [6.45, 7) is 0. The quantitative estimate of drug-likeness (QED) is 0.638. The fourth-order valence-electron chi connectivity index (χ4n) is 2.48. The molecule has 9 heteroatoms. The normalized spacial score (nSPS) is 11.2. The topological polar surface area (TPSA) is 60.5 Å². The molecule has 0 atom stereocenters. The number of halogens is 3. The van der Waals surface area contributed by atoms with E-state index in [0.29, 0.717) is 22.8 Å². The average molecular weight is 408 g/mol. The highest BCUT2D eigenvalue weighted by molar-refractivity contribution is 7.14. The van der Waals surface area contributed by atoms with Crippen molar-refractivity contribution in [3.63, 3.8) is 0 Å². The van der Waals surface area contributed by atoms with E-state index in [9.17, 15) is 18.0 Å². The first-order valence-corrected chi connectivity index (χ1v) is 8.86. The Morgan fingerprint density at radius 2 is 1.89 bits per heavy atom. The number of alkyl halides is 3. The highest BCUT2D eigenvalue weighted by Gasteiger charge is 2.31. The van der Waals surface area contributed by atoms with Gasteiger partial charge in [0, 0.05) is 16.5 Å². The zero-order chi connectivity index (χ0) is 20.3. The molecule has 28 heavy (non-hydrogen) atoms. The number of methoxy groups -OCH3 is 2. The zero-order valence-electron chi connectivity index (χ0n) is 14.8. The van der Waals surface area contributed by atoms with Gasteiger partial charge in [-0.15, -0.1) is 11.3 Å². The smallest absolute Gasteiger partial charge is 0.416 e. The Balaban J connectivity index is 1.83. The highest BCUT2D eigenvalue weighted by Crippen LogP contribution is 2.35. The lowest BCUT2D eigenvalue weighted by Gasteiger charge is -2.09. The SMILES string of the molecule is COc1ccc(OC)c(-c2csc(NC(=O)c3cccc(C(F)(F)F)c3)n2)c1. The molecule has 5 nitrogen and oxygen atoms in total. The molecule has 0 unspecified atom stereocenters. The first-order valence-electron chi connectivity index (χ1n) is 7.98. The van der Waals surface area contributed by atoms with Crippen LogP contribution >= 0.6 is 11.3 Å². The average Bonchev–Trinajstić information content (AvgIpc) is 3.15. The molecule has 146 valence electrons. The van der Waals surface area contributed by atoms with Crippen LogP contribution in [0.4, 0.5) is 18.3 Å². The number of aromatic nitrogens is 1. The van der Waals surface area contributed by atoms with Crippen molar-refractivity contribution in [3.8, 4) is 22.8 Å². The summed E-state index contributed by atoms with van der Waals surface area (Å²) in [4.78, 5) is 16.6. The predicted molar refractivity (Wildman–Crippen MR) is 100 cm³/mol. The minimum absolute atomic E-state index is 0.106. The number of nitrogens with one attached hydrogen (secondary N) is 1. The van der Waals surface area contributed by atoms with Gasteiger partial charge in [-0.25, -0.2) is 4.98 Å². The molecule has 0 spiro atoms. The number of amides is 1. The van der Waals surface area contributed by atoms with Crippen molar-refractivity contribution in [1.82, 2.24) is 4.98 Å². The zero-order valence-corrected chi connectivity index (χ0v) is 15.6. The Labute approximate surface area is 162 Å². The van der Waals surface area contributed by atoms with Crippen LogP contribution in [0.5, 0.6) is 11.5 Å². The predicted octanol–water partition coefficient (Wildman–Crippen LogP) is 5.10. The van der Waals surface area contributed by atoms with Gasteiger partial charge in [-0.2, -0.15) is 13.2 Å². The molecule has 0 bridgehead atoms. The van der Waals surface area contributed by atoms with E-state index in [2.05, 4.69) is 10.3 Å². The first kappa shape index (κ1) is 19.7. The van der Waals surface area contributed by atoms with Gasteiger partial charge in [-0.1, -0.05) is 6.07 Å². The molecule has 0 saturated heterocycles. The molecule has 0 aliphatic carbocycles. The van der Waals surface area contributed by atoms with Gasteiger partial charge in [0.15, 0.2) is 5.13 Å². The molecule has 0 fully saturated rings. The summed E-state index contributed by atoms with van der Waals surface area (Å²) in [6, 6.07) is 9.42.